The van der Waals surface area contributed by atoms with Crippen molar-refractivity contribution >= 4 is 103 Å². The van der Waals surface area contributed by atoms with Crippen LogP contribution in [0.1, 0.15) is 17.5 Å². The Morgan fingerprint density at radius 2 is 1.37 bits per heavy atom. The quantitative estimate of drug-likeness (QED) is 0.328. The summed E-state index contributed by atoms with van der Waals surface area (Å²) in [5, 5.41) is 25.5. The van der Waals surface area contributed by atoms with Crippen LogP contribution in [0.15, 0.2) is 54.7 Å². The maximum absolute atomic E-state index is 14.5. The Balaban J connectivity index is 1.25. The topological polar surface area (TPSA) is 139 Å². The minimum Gasteiger partial charge on any atom is -0.392 e. The van der Waals surface area contributed by atoms with Crippen LogP contribution in [-0.4, -0.2) is 118 Å². The van der Waals surface area contributed by atoms with E-state index in [4.69, 9.17) is 0 Å². The normalized spacial score (nSPS) is 36.3. The molecule has 1 spiro atoms. The highest BCUT2D eigenvalue weighted by atomic mass is 33.7. The molecule has 9 heterocycles. The number of fused-ring (bicyclic) bond motifs is 11. The third-order valence-electron chi connectivity index (χ3n) is 11.2. The Labute approximate surface area is 304 Å². The van der Waals surface area contributed by atoms with E-state index in [9.17, 15) is 29.4 Å². The molecule has 7 saturated heterocycles. The van der Waals surface area contributed by atoms with Gasteiger partial charge in [0.05, 0.1) is 13.2 Å². The molecule has 6 atom stereocenters. The van der Waals surface area contributed by atoms with Gasteiger partial charge in [0, 0.05) is 62.3 Å². The molecule has 49 heavy (non-hydrogen) atoms. The first-order valence-electron chi connectivity index (χ1n) is 15.4. The highest BCUT2D eigenvalue weighted by Gasteiger charge is 2.78. The monoisotopic (exact) mass is 774 g/mol. The summed E-state index contributed by atoms with van der Waals surface area (Å²) < 4.78 is 2.16. The number of benzene rings is 2. The van der Waals surface area contributed by atoms with Crippen molar-refractivity contribution in [3.63, 3.8) is 0 Å². The van der Waals surface area contributed by atoms with Crippen LogP contribution in [0.3, 0.4) is 0 Å². The smallest absolute Gasteiger partial charge is 0.265 e. The summed E-state index contributed by atoms with van der Waals surface area (Å²) in [6.07, 6.45) is 1.82. The molecule has 0 radical (unpaired) electrons. The lowest BCUT2D eigenvalue weighted by atomic mass is 9.86. The molecule has 4 amide bonds. The van der Waals surface area contributed by atoms with Crippen molar-refractivity contribution in [3.05, 3.63) is 65.9 Å². The Hall–Kier alpha value is -2.32. The number of hydrogen-bond donors (Lipinski definition) is 3. The number of nitrogens with zero attached hydrogens (tertiary/aromatic N) is 5. The molecular formula is C31H30N6O6S6. The van der Waals surface area contributed by atoms with Crippen molar-refractivity contribution in [2.45, 2.75) is 44.0 Å². The fourth-order valence-electron chi connectivity index (χ4n) is 8.49. The van der Waals surface area contributed by atoms with Gasteiger partial charge in [0.2, 0.25) is 9.74 Å². The predicted molar refractivity (Wildman–Crippen MR) is 197 cm³/mol. The van der Waals surface area contributed by atoms with Crippen LogP contribution < -0.4 is 5.32 Å². The number of para-hydroxylation sites is 2. The van der Waals surface area contributed by atoms with Crippen molar-refractivity contribution in [1.29, 1.82) is 0 Å². The average Bonchev–Trinajstić information content (AvgIpc) is 3.74. The lowest BCUT2D eigenvalue weighted by Gasteiger charge is -2.57. The second kappa shape index (κ2) is 10.6. The van der Waals surface area contributed by atoms with E-state index in [2.05, 4.69) is 9.88 Å². The maximum atomic E-state index is 14.5. The second-order valence-corrected chi connectivity index (χ2v) is 22.0. The van der Waals surface area contributed by atoms with Gasteiger partial charge in [-0.15, -0.1) is 0 Å². The number of aliphatic hydroxyl groups excluding tert-OH is 2. The molecule has 4 bridgehead atoms. The van der Waals surface area contributed by atoms with Gasteiger partial charge in [-0.25, -0.2) is 0 Å². The number of carbonyl (C=O) groups excluding carboxylic acids is 4. The van der Waals surface area contributed by atoms with Crippen LogP contribution in [-0.2, 0) is 31.1 Å². The van der Waals surface area contributed by atoms with E-state index >= 15 is 0 Å². The van der Waals surface area contributed by atoms with Crippen molar-refractivity contribution in [3.8, 4) is 0 Å². The molecule has 11 rings (SSSR count). The van der Waals surface area contributed by atoms with Crippen molar-refractivity contribution in [2.24, 2.45) is 0 Å². The minimum atomic E-state index is -1.43. The number of hydrogen-bond acceptors (Lipinski definition) is 13. The molecule has 3 N–H and O–H groups in total. The van der Waals surface area contributed by atoms with Crippen LogP contribution in [0.25, 0.3) is 10.9 Å². The Bertz CT molecular complexity index is 2020. The number of aliphatic hydroxyl groups is 2. The van der Waals surface area contributed by atoms with E-state index < -0.39 is 44.4 Å². The highest BCUT2D eigenvalue weighted by Crippen LogP contribution is 2.69. The highest BCUT2D eigenvalue weighted by molar-refractivity contribution is 9.26. The van der Waals surface area contributed by atoms with Gasteiger partial charge in [0.15, 0.2) is 9.74 Å². The maximum Gasteiger partial charge on any atom is 0.265 e. The van der Waals surface area contributed by atoms with Gasteiger partial charge in [-0.3, -0.25) is 24.1 Å². The second-order valence-electron chi connectivity index (χ2n) is 13.1. The lowest BCUT2D eigenvalue weighted by molar-refractivity contribution is -0.166. The number of piperazine rings is 2. The zero-order chi connectivity index (χ0) is 34.3. The van der Waals surface area contributed by atoms with E-state index in [1.165, 1.54) is 77.5 Å². The number of aromatic nitrogens is 1. The standard InChI is InChI=1S/C31H30N6O6S6/c1-33-25(42)30(15-38)34(2)23(40)28(33,46-48-49-47-30)12-17-13-36(21-11-7-4-8-18(17)21)27-14-29-24(41)35(3)31(16-39,45-44-29)26(43)37(29)22(27)32-20-10-6-5-9-19(20)27/h4-11,13,22,32,38-39H,12,14-16H2,1-3H3/t22-,27+,28-,29-,30-,31-/m1/s1. The van der Waals surface area contributed by atoms with Gasteiger partial charge in [0.25, 0.3) is 23.6 Å². The Morgan fingerprint density at radius 3 is 2.12 bits per heavy atom. The fourth-order valence-corrected chi connectivity index (χ4v) is 19.8. The molecular weight excluding hydrogens is 745 g/mol. The van der Waals surface area contributed by atoms with Crippen molar-refractivity contribution < 1.29 is 29.4 Å². The molecule has 0 unspecified atom stereocenters. The third-order valence-corrected chi connectivity index (χ3v) is 22.2. The van der Waals surface area contributed by atoms with Gasteiger partial charge in [-0.2, -0.15) is 0 Å². The summed E-state index contributed by atoms with van der Waals surface area (Å²) in [6, 6.07) is 15.8. The summed E-state index contributed by atoms with van der Waals surface area (Å²) in [6.45, 7) is -1.02. The molecule has 2 aromatic carbocycles. The van der Waals surface area contributed by atoms with Crippen LogP contribution in [0.4, 0.5) is 5.69 Å². The van der Waals surface area contributed by atoms with E-state index in [-0.39, 0.29) is 36.5 Å². The van der Waals surface area contributed by atoms with Crippen LogP contribution >= 0.6 is 62.8 Å². The van der Waals surface area contributed by atoms with Gasteiger partial charge < -0.3 is 34.8 Å². The van der Waals surface area contributed by atoms with E-state index in [0.717, 1.165) is 27.7 Å². The zero-order valence-electron chi connectivity index (χ0n) is 26.3. The summed E-state index contributed by atoms with van der Waals surface area (Å²) in [4.78, 5) is 57.8. The molecule has 8 aliphatic heterocycles. The van der Waals surface area contributed by atoms with Gasteiger partial charge in [-0.1, -0.05) is 47.2 Å². The largest absolute Gasteiger partial charge is 0.392 e. The number of rotatable bonds is 5. The summed E-state index contributed by atoms with van der Waals surface area (Å²) in [7, 11) is 12.7. The van der Waals surface area contributed by atoms with Gasteiger partial charge in [0.1, 0.15) is 11.7 Å². The first kappa shape index (κ1) is 32.6. The molecule has 3 aromatic rings. The molecule has 0 saturated carbocycles. The van der Waals surface area contributed by atoms with E-state index in [0.29, 0.717) is 0 Å². The van der Waals surface area contributed by atoms with Crippen LogP contribution in [0.2, 0.25) is 0 Å². The summed E-state index contributed by atoms with van der Waals surface area (Å²) in [5.74, 6) is -1.15. The Morgan fingerprint density at radius 1 is 0.755 bits per heavy atom. The number of carbonyl (C=O) groups is 4. The van der Waals surface area contributed by atoms with Gasteiger partial charge in [-0.05, 0) is 69.7 Å². The van der Waals surface area contributed by atoms with E-state index in [1.807, 2.05) is 54.7 Å². The van der Waals surface area contributed by atoms with E-state index in [1.54, 1.807) is 26.0 Å². The van der Waals surface area contributed by atoms with Crippen molar-refractivity contribution in [2.75, 3.05) is 39.7 Å². The number of amides is 4. The van der Waals surface area contributed by atoms with Gasteiger partial charge >= 0.3 is 0 Å². The zero-order valence-corrected chi connectivity index (χ0v) is 31.2. The first-order valence-corrected chi connectivity index (χ1v) is 22.4. The summed E-state index contributed by atoms with van der Waals surface area (Å²) in [5.41, 5.74) is 2.52. The molecule has 12 nitrogen and oxygen atoms in total. The average molecular weight is 775 g/mol. The summed E-state index contributed by atoms with van der Waals surface area (Å²) >= 11 is 0. The molecule has 7 fully saturated rings. The SMILES string of the molecule is CN1C(=O)[C@@]2(Cc3cn([C@]45C[C@]67SS[C@](CO)(C(=O)N6[C@H]4Nc4ccccc45)N(C)C7=O)c4ccccc34)SSSS[C@]1(CO)C(=O)N2C. The third kappa shape index (κ3) is 3.64. The molecule has 1 aromatic heterocycles. The van der Waals surface area contributed by atoms with Crippen LogP contribution in [0.5, 0.6) is 0 Å². The predicted octanol–water partition coefficient (Wildman–Crippen LogP) is 3.17. The number of anilines is 1. The van der Waals surface area contributed by atoms with Crippen molar-refractivity contribution in [1.82, 2.24) is 24.2 Å². The number of likely N-dealkylation sites (N-methyl/N-ethyl adjacent to an activating group) is 3. The lowest BCUT2D eigenvalue weighted by Crippen LogP contribution is -2.77. The molecule has 256 valence electrons. The first-order chi connectivity index (χ1) is 23.5. The molecule has 18 heteroatoms. The number of nitrogens with one attached hydrogen (secondary N) is 1. The Kier molecular flexibility index (Phi) is 7.06. The molecule has 0 aliphatic carbocycles. The minimum absolute atomic E-state index is 0.180. The fraction of sp³-hybridized carbons (Fsp3) is 0.419. The van der Waals surface area contributed by atoms with Crippen LogP contribution in [0, 0.1) is 0 Å². The molecule has 8 aliphatic rings.